The third-order valence-electron chi connectivity index (χ3n) is 4.26. The minimum atomic E-state index is -3.33. The monoisotopic (exact) mass is 376 g/mol. The van der Waals surface area contributed by atoms with Gasteiger partial charge in [0.1, 0.15) is 11.5 Å². The van der Waals surface area contributed by atoms with Crippen molar-refractivity contribution in [3.63, 3.8) is 0 Å². The predicted molar refractivity (Wildman–Crippen MR) is 96.1 cm³/mol. The van der Waals surface area contributed by atoms with Crippen LogP contribution in [-0.2, 0) is 31.6 Å². The number of carbonyl (C=O) groups excluding carboxylic acids is 2. The molecular weight excluding hydrogens is 356 g/mol. The van der Waals surface area contributed by atoms with E-state index in [4.69, 9.17) is 4.42 Å². The van der Waals surface area contributed by atoms with Crippen LogP contribution in [-0.4, -0.2) is 43.5 Å². The van der Waals surface area contributed by atoms with Crippen molar-refractivity contribution in [2.75, 3.05) is 18.4 Å². The third kappa shape index (κ3) is 4.32. The Kier molecular flexibility index (Phi) is 5.13. The summed E-state index contributed by atoms with van der Waals surface area (Å²) in [6.45, 7) is 1.86. The van der Waals surface area contributed by atoms with E-state index in [0.717, 1.165) is 5.56 Å². The molecule has 0 unspecified atom stereocenters. The van der Waals surface area contributed by atoms with Crippen molar-refractivity contribution in [3.05, 3.63) is 54.0 Å². The van der Waals surface area contributed by atoms with Crippen molar-refractivity contribution in [1.29, 1.82) is 0 Å². The molecule has 1 saturated heterocycles. The van der Waals surface area contributed by atoms with E-state index in [1.165, 1.54) is 13.2 Å². The zero-order chi connectivity index (χ0) is 18.7. The van der Waals surface area contributed by atoms with Crippen molar-refractivity contribution in [3.8, 4) is 0 Å². The zero-order valence-corrected chi connectivity index (χ0v) is 15.2. The highest BCUT2D eigenvalue weighted by Gasteiger charge is 2.39. The molecule has 0 aliphatic carbocycles. The first-order valence-corrected chi connectivity index (χ1v) is 9.93. The largest absolute Gasteiger partial charge is 0.468 e. The summed E-state index contributed by atoms with van der Waals surface area (Å²) in [6.07, 6.45) is 1.64. The number of sulfone groups is 1. The molecule has 0 saturated carbocycles. The molecule has 0 spiro atoms. The molecule has 138 valence electrons. The molecule has 1 aliphatic rings. The summed E-state index contributed by atoms with van der Waals surface area (Å²) in [4.78, 5) is 24.8. The van der Waals surface area contributed by atoms with Gasteiger partial charge in [-0.15, -0.1) is 0 Å². The summed E-state index contributed by atoms with van der Waals surface area (Å²) in [5.41, 5.74) is 1.48. The quantitative estimate of drug-likeness (QED) is 0.826. The lowest BCUT2D eigenvalue weighted by Crippen LogP contribution is -2.57. The standard InChI is InChI=1S/C18H20N2O5S/c1-13(21)19-15-6-4-14(5-7-15)9-18(22)20-10-17(11-20)26(23,24)12-16-3-2-8-25-16/h2-8,17H,9-12H2,1H3,(H,19,21). The second kappa shape index (κ2) is 7.33. The lowest BCUT2D eigenvalue weighted by atomic mass is 10.1. The smallest absolute Gasteiger partial charge is 0.227 e. The fourth-order valence-electron chi connectivity index (χ4n) is 2.78. The first-order valence-electron chi connectivity index (χ1n) is 8.22. The van der Waals surface area contributed by atoms with Gasteiger partial charge in [0.2, 0.25) is 11.8 Å². The fraction of sp³-hybridized carbons (Fsp3) is 0.333. The maximum absolute atomic E-state index is 12.3. The van der Waals surface area contributed by atoms with Crippen LogP contribution in [0.1, 0.15) is 18.2 Å². The molecule has 2 amide bonds. The lowest BCUT2D eigenvalue weighted by Gasteiger charge is -2.38. The summed E-state index contributed by atoms with van der Waals surface area (Å²) in [6, 6.07) is 10.3. The average Bonchev–Trinajstić information content (AvgIpc) is 2.99. The van der Waals surface area contributed by atoms with Gasteiger partial charge in [-0.1, -0.05) is 12.1 Å². The van der Waals surface area contributed by atoms with Gasteiger partial charge >= 0.3 is 0 Å². The number of hydrogen-bond donors (Lipinski definition) is 1. The summed E-state index contributed by atoms with van der Waals surface area (Å²) in [5.74, 6) is 0.00378. The van der Waals surface area contributed by atoms with E-state index in [2.05, 4.69) is 5.32 Å². The number of anilines is 1. The molecule has 26 heavy (non-hydrogen) atoms. The minimum Gasteiger partial charge on any atom is -0.468 e. The Hall–Kier alpha value is -2.61. The summed E-state index contributed by atoms with van der Waals surface area (Å²) < 4.78 is 29.7. The Morgan fingerprint density at radius 3 is 2.46 bits per heavy atom. The van der Waals surface area contributed by atoms with Crippen LogP contribution in [0.2, 0.25) is 0 Å². The van der Waals surface area contributed by atoms with Crippen molar-refractivity contribution < 1.29 is 22.4 Å². The number of rotatable bonds is 6. The summed E-state index contributed by atoms with van der Waals surface area (Å²) >= 11 is 0. The van der Waals surface area contributed by atoms with Gasteiger partial charge in [0.05, 0.1) is 17.9 Å². The van der Waals surface area contributed by atoms with Crippen molar-refractivity contribution in [1.82, 2.24) is 4.90 Å². The highest BCUT2D eigenvalue weighted by atomic mass is 32.2. The summed E-state index contributed by atoms with van der Waals surface area (Å²) in [5, 5.41) is 2.12. The summed E-state index contributed by atoms with van der Waals surface area (Å²) in [7, 11) is -3.33. The number of furan rings is 1. The van der Waals surface area contributed by atoms with E-state index in [1.807, 2.05) is 0 Å². The van der Waals surface area contributed by atoms with Crippen molar-refractivity contribution in [2.45, 2.75) is 24.3 Å². The molecule has 1 aromatic heterocycles. The van der Waals surface area contributed by atoms with Gasteiger partial charge in [-0.2, -0.15) is 0 Å². The van der Waals surface area contributed by atoms with Gasteiger partial charge in [0, 0.05) is 25.7 Å². The molecule has 1 aliphatic heterocycles. The molecule has 2 aromatic rings. The van der Waals surface area contributed by atoms with Crippen LogP contribution in [0.4, 0.5) is 5.69 Å². The van der Waals surface area contributed by atoms with Crippen LogP contribution in [0.25, 0.3) is 0 Å². The second-order valence-corrected chi connectivity index (χ2v) is 8.64. The highest BCUT2D eigenvalue weighted by molar-refractivity contribution is 7.91. The van der Waals surface area contributed by atoms with Gasteiger partial charge < -0.3 is 14.6 Å². The van der Waals surface area contributed by atoms with Gasteiger partial charge in [-0.25, -0.2) is 8.42 Å². The molecule has 0 radical (unpaired) electrons. The molecule has 0 atom stereocenters. The fourth-order valence-corrected chi connectivity index (χ4v) is 4.39. The van der Waals surface area contributed by atoms with Gasteiger partial charge in [0.15, 0.2) is 9.84 Å². The van der Waals surface area contributed by atoms with E-state index >= 15 is 0 Å². The number of amides is 2. The number of nitrogens with zero attached hydrogens (tertiary/aromatic N) is 1. The van der Waals surface area contributed by atoms with Crippen LogP contribution in [0.3, 0.4) is 0 Å². The number of benzene rings is 1. The molecule has 1 N–H and O–H groups in total. The molecule has 2 heterocycles. The Morgan fingerprint density at radius 2 is 1.88 bits per heavy atom. The Bertz CT molecular complexity index is 882. The van der Waals surface area contributed by atoms with E-state index in [-0.39, 0.29) is 37.1 Å². The number of likely N-dealkylation sites (tertiary alicyclic amines) is 1. The van der Waals surface area contributed by atoms with Crippen LogP contribution in [0.15, 0.2) is 47.1 Å². The van der Waals surface area contributed by atoms with Gasteiger partial charge in [-0.05, 0) is 29.8 Å². The van der Waals surface area contributed by atoms with Crippen LogP contribution in [0.5, 0.6) is 0 Å². The van der Waals surface area contributed by atoms with E-state index in [1.54, 1.807) is 41.3 Å². The lowest BCUT2D eigenvalue weighted by molar-refractivity contribution is -0.133. The Labute approximate surface area is 151 Å². The minimum absolute atomic E-state index is 0.110. The third-order valence-corrected chi connectivity index (χ3v) is 6.26. The molecule has 7 nitrogen and oxygen atoms in total. The first-order chi connectivity index (χ1) is 12.3. The normalized spacial score (nSPS) is 14.7. The average molecular weight is 376 g/mol. The maximum atomic E-state index is 12.3. The highest BCUT2D eigenvalue weighted by Crippen LogP contribution is 2.22. The topological polar surface area (TPSA) is 96.7 Å². The van der Waals surface area contributed by atoms with Crippen molar-refractivity contribution in [2.24, 2.45) is 0 Å². The Morgan fingerprint density at radius 1 is 1.19 bits per heavy atom. The zero-order valence-electron chi connectivity index (χ0n) is 14.3. The Balaban J connectivity index is 1.51. The molecule has 1 fully saturated rings. The number of nitrogens with one attached hydrogen (secondary N) is 1. The van der Waals surface area contributed by atoms with Gasteiger partial charge in [0.25, 0.3) is 0 Å². The van der Waals surface area contributed by atoms with Crippen LogP contribution in [0, 0.1) is 0 Å². The number of hydrogen-bond acceptors (Lipinski definition) is 5. The van der Waals surface area contributed by atoms with Crippen LogP contribution < -0.4 is 5.32 Å². The second-order valence-electron chi connectivity index (χ2n) is 6.36. The van der Waals surface area contributed by atoms with E-state index in [0.29, 0.717) is 11.4 Å². The molecular formula is C18H20N2O5S. The first kappa shape index (κ1) is 18.2. The SMILES string of the molecule is CC(=O)Nc1ccc(CC(=O)N2CC(S(=O)(=O)Cc3ccco3)C2)cc1. The maximum Gasteiger partial charge on any atom is 0.227 e. The number of carbonyl (C=O) groups is 2. The molecule has 3 rings (SSSR count). The van der Waals surface area contributed by atoms with Crippen LogP contribution >= 0.6 is 0 Å². The van der Waals surface area contributed by atoms with Crippen molar-refractivity contribution >= 4 is 27.3 Å². The van der Waals surface area contributed by atoms with E-state index < -0.39 is 15.1 Å². The van der Waals surface area contributed by atoms with E-state index in [9.17, 15) is 18.0 Å². The molecule has 0 bridgehead atoms. The molecule has 8 heteroatoms. The van der Waals surface area contributed by atoms with Gasteiger partial charge in [-0.3, -0.25) is 9.59 Å². The predicted octanol–water partition coefficient (Wildman–Crippen LogP) is 1.61. The molecule has 1 aromatic carbocycles.